The largest absolute Gasteiger partial charge is 0.462 e. The molecule has 1 unspecified atom stereocenters. The first kappa shape index (κ1) is 18.8. The number of nitrogens with zero attached hydrogens (tertiary/aromatic N) is 2. The van der Waals surface area contributed by atoms with Crippen molar-refractivity contribution in [2.75, 3.05) is 6.61 Å². The lowest BCUT2D eigenvalue weighted by atomic mass is 10.1. The second kappa shape index (κ2) is 9.72. The molecule has 132 valence electrons. The van der Waals surface area contributed by atoms with E-state index in [-0.39, 0.29) is 5.97 Å². The minimum Gasteiger partial charge on any atom is -0.462 e. The fourth-order valence-corrected chi connectivity index (χ4v) is 2.22. The topological polar surface area (TPSA) is 52.1 Å². The Morgan fingerprint density at radius 3 is 2.44 bits per heavy atom. The van der Waals surface area contributed by atoms with Crippen LogP contribution in [0.3, 0.4) is 0 Å². The quantitative estimate of drug-likeness (QED) is 0.517. The number of rotatable bonds is 8. The van der Waals surface area contributed by atoms with Crippen LogP contribution in [0.4, 0.5) is 0 Å². The third kappa shape index (κ3) is 6.14. The second-order valence-corrected chi connectivity index (χ2v) is 6.26. The Bertz CT molecular complexity index is 691. The van der Waals surface area contributed by atoms with Gasteiger partial charge in [0, 0.05) is 24.0 Å². The maximum absolute atomic E-state index is 11.7. The summed E-state index contributed by atoms with van der Waals surface area (Å²) >= 11 is 0. The van der Waals surface area contributed by atoms with Gasteiger partial charge >= 0.3 is 5.97 Å². The van der Waals surface area contributed by atoms with Gasteiger partial charge in [0.1, 0.15) is 0 Å². The molecule has 0 radical (unpaired) electrons. The molecule has 0 fully saturated rings. The molecule has 1 aromatic heterocycles. The highest BCUT2D eigenvalue weighted by molar-refractivity contribution is 5.87. The monoisotopic (exact) mass is 338 g/mol. The zero-order valence-corrected chi connectivity index (χ0v) is 15.2. The molecule has 1 aromatic carbocycles. The molecule has 0 saturated heterocycles. The lowest BCUT2D eigenvalue weighted by molar-refractivity contribution is -0.138. The van der Waals surface area contributed by atoms with E-state index in [0.29, 0.717) is 18.3 Å². The van der Waals surface area contributed by atoms with E-state index in [9.17, 15) is 4.79 Å². The minimum absolute atomic E-state index is 0.306. The van der Waals surface area contributed by atoms with E-state index in [2.05, 4.69) is 30.7 Å². The molecule has 0 aliphatic carbocycles. The second-order valence-electron chi connectivity index (χ2n) is 6.26. The highest BCUT2D eigenvalue weighted by Gasteiger charge is 2.03. The van der Waals surface area contributed by atoms with Crippen molar-refractivity contribution in [3.05, 3.63) is 53.9 Å². The molecular formula is C21H26N2O2. The van der Waals surface area contributed by atoms with Crippen molar-refractivity contribution in [2.45, 2.75) is 40.0 Å². The number of benzene rings is 1. The molecule has 2 rings (SSSR count). The predicted octanol–water partition coefficient (Wildman–Crippen LogP) is 4.70. The first-order chi connectivity index (χ1) is 12.1. The fraction of sp³-hybridized carbons (Fsp3) is 0.381. The number of carbonyl (C=O) groups excluding carboxylic acids is 1. The van der Waals surface area contributed by atoms with Crippen molar-refractivity contribution < 1.29 is 9.53 Å². The van der Waals surface area contributed by atoms with E-state index in [4.69, 9.17) is 4.74 Å². The Kier molecular flexibility index (Phi) is 7.33. The van der Waals surface area contributed by atoms with Crippen LogP contribution in [0.1, 0.15) is 44.7 Å². The summed E-state index contributed by atoms with van der Waals surface area (Å²) in [5, 5.41) is 0. The van der Waals surface area contributed by atoms with E-state index in [0.717, 1.165) is 36.0 Å². The number of aryl methyl sites for hydroxylation is 1. The molecule has 25 heavy (non-hydrogen) atoms. The molecule has 0 spiro atoms. The van der Waals surface area contributed by atoms with Gasteiger partial charge in [0.2, 0.25) is 0 Å². The molecule has 0 aliphatic rings. The Morgan fingerprint density at radius 1 is 1.16 bits per heavy atom. The predicted molar refractivity (Wildman–Crippen MR) is 101 cm³/mol. The summed E-state index contributed by atoms with van der Waals surface area (Å²) in [5.41, 5.74) is 3.05. The van der Waals surface area contributed by atoms with Gasteiger partial charge in [-0.05, 0) is 29.5 Å². The normalized spacial score (nSPS) is 12.3. The fourth-order valence-electron chi connectivity index (χ4n) is 2.22. The summed E-state index contributed by atoms with van der Waals surface area (Å²) < 4.78 is 5.19. The number of hydrogen-bond acceptors (Lipinski definition) is 4. The van der Waals surface area contributed by atoms with Crippen molar-refractivity contribution in [2.24, 2.45) is 5.92 Å². The summed E-state index contributed by atoms with van der Waals surface area (Å²) in [5.74, 6) is 0.794. The lowest BCUT2D eigenvalue weighted by Gasteiger charge is -2.07. The maximum Gasteiger partial charge on any atom is 0.330 e. The smallest absolute Gasteiger partial charge is 0.330 e. The molecule has 1 atom stereocenters. The van der Waals surface area contributed by atoms with Crippen molar-refractivity contribution in [3.63, 3.8) is 0 Å². The third-order valence-corrected chi connectivity index (χ3v) is 4.03. The molecule has 2 aromatic rings. The van der Waals surface area contributed by atoms with Crippen molar-refractivity contribution >= 4 is 12.0 Å². The summed E-state index contributed by atoms with van der Waals surface area (Å²) in [6.45, 7) is 6.74. The van der Waals surface area contributed by atoms with Gasteiger partial charge in [0.05, 0.1) is 6.61 Å². The molecular weight excluding hydrogens is 312 g/mol. The minimum atomic E-state index is -0.306. The Balaban J connectivity index is 1.95. The van der Waals surface area contributed by atoms with Gasteiger partial charge in [0.15, 0.2) is 5.82 Å². The van der Waals surface area contributed by atoms with Crippen LogP contribution in [0, 0.1) is 5.92 Å². The van der Waals surface area contributed by atoms with Gasteiger partial charge in [-0.25, -0.2) is 14.8 Å². The molecule has 0 saturated carbocycles. The number of ether oxygens (including phenoxy) is 1. The van der Waals surface area contributed by atoms with Crippen LogP contribution in [0.5, 0.6) is 0 Å². The zero-order valence-electron chi connectivity index (χ0n) is 15.2. The van der Waals surface area contributed by atoms with Crippen molar-refractivity contribution in [1.82, 2.24) is 9.97 Å². The van der Waals surface area contributed by atoms with Gasteiger partial charge in [-0.3, -0.25) is 0 Å². The Hall–Kier alpha value is -2.49. The number of hydrogen-bond donors (Lipinski definition) is 0. The van der Waals surface area contributed by atoms with E-state index >= 15 is 0 Å². The van der Waals surface area contributed by atoms with Crippen molar-refractivity contribution in [1.29, 1.82) is 0 Å². The standard InChI is InChI=1S/C21H26N2O2/c1-4-6-18-13-22-21(23-14-18)19-10-7-17(8-11-19)9-12-20(24)25-15-16(3)5-2/h7-14,16H,4-6,15H2,1-3H3. The van der Waals surface area contributed by atoms with Crippen LogP contribution in [0.25, 0.3) is 17.5 Å². The molecule has 4 heteroatoms. The van der Waals surface area contributed by atoms with Crippen LogP contribution in [0.2, 0.25) is 0 Å². The average Bonchev–Trinajstić information content (AvgIpc) is 2.65. The van der Waals surface area contributed by atoms with Crippen LogP contribution in [-0.2, 0) is 16.0 Å². The Morgan fingerprint density at radius 2 is 1.84 bits per heavy atom. The van der Waals surface area contributed by atoms with Gasteiger partial charge in [-0.2, -0.15) is 0 Å². The molecule has 1 heterocycles. The summed E-state index contributed by atoms with van der Waals surface area (Å²) in [6.07, 6.45) is 10.1. The van der Waals surface area contributed by atoms with E-state index < -0.39 is 0 Å². The van der Waals surface area contributed by atoms with Gasteiger partial charge in [-0.15, -0.1) is 0 Å². The van der Waals surface area contributed by atoms with Gasteiger partial charge in [0.25, 0.3) is 0 Å². The Labute approximate surface area is 150 Å². The van der Waals surface area contributed by atoms with Crippen LogP contribution < -0.4 is 0 Å². The highest BCUT2D eigenvalue weighted by Crippen LogP contribution is 2.16. The SMILES string of the molecule is CCCc1cnc(-c2ccc(C=CC(=O)OCC(C)CC)cc2)nc1. The summed E-state index contributed by atoms with van der Waals surface area (Å²) in [4.78, 5) is 20.5. The van der Waals surface area contributed by atoms with Crippen LogP contribution >= 0.6 is 0 Å². The number of aromatic nitrogens is 2. The number of carbonyl (C=O) groups is 1. The van der Waals surface area contributed by atoms with E-state index in [1.165, 1.54) is 6.08 Å². The molecule has 0 N–H and O–H groups in total. The van der Waals surface area contributed by atoms with Gasteiger partial charge in [-0.1, -0.05) is 57.9 Å². The van der Waals surface area contributed by atoms with Crippen molar-refractivity contribution in [3.8, 4) is 11.4 Å². The maximum atomic E-state index is 11.7. The first-order valence-corrected chi connectivity index (χ1v) is 8.88. The molecule has 0 amide bonds. The molecule has 0 bridgehead atoms. The molecule has 4 nitrogen and oxygen atoms in total. The van der Waals surface area contributed by atoms with Crippen LogP contribution in [0.15, 0.2) is 42.7 Å². The summed E-state index contributed by atoms with van der Waals surface area (Å²) in [7, 11) is 0. The van der Waals surface area contributed by atoms with E-state index in [1.54, 1.807) is 6.08 Å². The third-order valence-electron chi connectivity index (χ3n) is 4.03. The van der Waals surface area contributed by atoms with Crippen LogP contribution in [-0.4, -0.2) is 22.5 Å². The highest BCUT2D eigenvalue weighted by atomic mass is 16.5. The molecule has 0 aliphatic heterocycles. The zero-order chi connectivity index (χ0) is 18.1. The van der Waals surface area contributed by atoms with Gasteiger partial charge < -0.3 is 4.74 Å². The number of esters is 1. The summed E-state index contributed by atoms with van der Waals surface area (Å²) in [6, 6.07) is 7.80. The average molecular weight is 338 g/mol. The lowest BCUT2D eigenvalue weighted by Crippen LogP contribution is -2.08. The first-order valence-electron chi connectivity index (χ1n) is 8.88. The van der Waals surface area contributed by atoms with E-state index in [1.807, 2.05) is 36.7 Å².